The number of nitro groups is 1. The van der Waals surface area contributed by atoms with Gasteiger partial charge in [0, 0.05) is 22.2 Å². The van der Waals surface area contributed by atoms with Gasteiger partial charge in [0.1, 0.15) is 0 Å². The predicted molar refractivity (Wildman–Crippen MR) is 110 cm³/mol. The highest BCUT2D eigenvalue weighted by molar-refractivity contribution is 9.10. The molecule has 1 heterocycles. The summed E-state index contributed by atoms with van der Waals surface area (Å²) in [5.74, 6) is -0.158. The Morgan fingerprint density at radius 3 is 2.46 bits per heavy atom. The molecule has 3 rings (SSSR count). The van der Waals surface area contributed by atoms with Gasteiger partial charge in [0.15, 0.2) is 0 Å². The van der Waals surface area contributed by atoms with Gasteiger partial charge in [-0.2, -0.15) is 0 Å². The average Bonchev–Trinajstić information content (AvgIpc) is 3.12. The molecule has 0 unspecified atom stereocenters. The minimum absolute atomic E-state index is 0.0344. The summed E-state index contributed by atoms with van der Waals surface area (Å²) in [5, 5.41) is 21.3. The number of thioether (sulfide) groups is 1. The Balaban J connectivity index is 1.62. The number of amides is 1. The fourth-order valence-corrected chi connectivity index (χ4v) is 3.46. The van der Waals surface area contributed by atoms with Gasteiger partial charge in [-0.25, -0.2) is 0 Å². The molecule has 0 atom stereocenters. The maximum atomic E-state index is 12.1. The fraction of sp³-hybridized carbons (Fsp3) is 0.0625. The summed E-state index contributed by atoms with van der Waals surface area (Å²) in [6, 6.07) is 9.54. The molecule has 0 aliphatic carbocycles. The number of carbonyl (C=O) groups excluding carboxylic acids is 1. The number of halogens is 3. The third-order valence-corrected chi connectivity index (χ3v) is 5.27. The number of hydrogen-bond acceptors (Lipinski definition) is 7. The molecule has 0 fully saturated rings. The van der Waals surface area contributed by atoms with E-state index in [-0.39, 0.29) is 32.4 Å². The maximum Gasteiger partial charge on any atom is 0.277 e. The van der Waals surface area contributed by atoms with Crippen LogP contribution >= 0.6 is 50.9 Å². The molecule has 144 valence electrons. The van der Waals surface area contributed by atoms with E-state index in [1.807, 2.05) is 24.3 Å². The van der Waals surface area contributed by atoms with Crippen molar-refractivity contribution in [2.24, 2.45) is 0 Å². The van der Waals surface area contributed by atoms with E-state index in [0.29, 0.717) is 5.89 Å². The highest BCUT2D eigenvalue weighted by atomic mass is 79.9. The Kier molecular flexibility index (Phi) is 6.55. The van der Waals surface area contributed by atoms with E-state index in [1.54, 1.807) is 0 Å². The van der Waals surface area contributed by atoms with Crippen molar-refractivity contribution in [1.82, 2.24) is 10.2 Å². The zero-order valence-electron chi connectivity index (χ0n) is 13.7. The molecule has 1 amide bonds. The number of nitrogens with one attached hydrogen (secondary N) is 1. The van der Waals surface area contributed by atoms with E-state index in [4.69, 9.17) is 27.6 Å². The molecule has 2 aromatic carbocycles. The van der Waals surface area contributed by atoms with Gasteiger partial charge in [-0.15, -0.1) is 10.2 Å². The van der Waals surface area contributed by atoms with Gasteiger partial charge in [-0.1, -0.05) is 50.9 Å². The Bertz CT molecular complexity index is 1020. The van der Waals surface area contributed by atoms with Gasteiger partial charge in [0.05, 0.1) is 26.4 Å². The number of rotatable bonds is 6. The van der Waals surface area contributed by atoms with Crippen molar-refractivity contribution in [3.05, 3.63) is 61.0 Å². The van der Waals surface area contributed by atoms with Crippen molar-refractivity contribution < 1.29 is 14.1 Å². The lowest BCUT2D eigenvalue weighted by atomic mass is 10.2. The third kappa shape index (κ3) is 5.02. The van der Waals surface area contributed by atoms with Crippen molar-refractivity contribution in [2.75, 3.05) is 11.1 Å². The molecule has 1 aromatic heterocycles. The molecule has 0 saturated carbocycles. The van der Waals surface area contributed by atoms with Crippen LogP contribution in [0.15, 0.2) is 50.5 Å². The van der Waals surface area contributed by atoms with Crippen LogP contribution in [0.5, 0.6) is 0 Å². The zero-order chi connectivity index (χ0) is 20.3. The van der Waals surface area contributed by atoms with Gasteiger partial charge in [-0.3, -0.25) is 14.9 Å². The normalized spacial score (nSPS) is 10.7. The van der Waals surface area contributed by atoms with E-state index in [0.717, 1.165) is 33.9 Å². The zero-order valence-corrected chi connectivity index (χ0v) is 17.6. The molecule has 0 saturated heterocycles. The second kappa shape index (κ2) is 8.91. The Morgan fingerprint density at radius 1 is 1.21 bits per heavy atom. The Labute approximate surface area is 180 Å². The van der Waals surface area contributed by atoms with Gasteiger partial charge >= 0.3 is 0 Å². The Hall–Kier alpha value is -2.14. The number of nitrogens with zero attached hydrogens (tertiary/aromatic N) is 3. The number of aromatic nitrogens is 2. The molecule has 1 N–H and O–H groups in total. The first-order valence-corrected chi connectivity index (χ1v) is 10.0. The van der Waals surface area contributed by atoms with E-state index in [1.165, 1.54) is 0 Å². The molecule has 3 aromatic rings. The minimum Gasteiger partial charge on any atom is -0.411 e. The van der Waals surface area contributed by atoms with Crippen LogP contribution in [0.2, 0.25) is 10.0 Å². The van der Waals surface area contributed by atoms with E-state index in [9.17, 15) is 14.9 Å². The lowest BCUT2D eigenvalue weighted by Crippen LogP contribution is -2.14. The number of anilines is 1. The van der Waals surface area contributed by atoms with Gasteiger partial charge in [0.25, 0.3) is 10.9 Å². The van der Waals surface area contributed by atoms with Gasteiger partial charge in [0.2, 0.25) is 11.8 Å². The molecule has 0 spiro atoms. The Morgan fingerprint density at radius 2 is 1.86 bits per heavy atom. The lowest BCUT2D eigenvalue weighted by molar-refractivity contribution is -0.384. The molecule has 12 heteroatoms. The number of non-ortho nitro benzene ring substituents is 1. The summed E-state index contributed by atoms with van der Waals surface area (Å²) in [5.41, 5.74) is 0.575. The monoisotopic (exact) mass is 502 g/mol. The third-order valence-electron chi connectivity index (χ3n) is 3.33. The standard InChI is InChI=1S/C16H9BrCl2N4O4S/c17-9-3-1-8(2-4-9)15-21-22-16(27-15)28-7-13(24)20-14-11(18)5-10(23(25)26)6-12(14)19/h1-6H,7H2,(H,20,24). The summed E-state index contributed by atoms with van der Waals surface area (Å²) in [4.78, 5) is 22.3. The second-order valence-electron chi connectivity index (χ2n) is 5.26. The first-order chi connectivity index (χ1) is 13.3. The van der Waals surface area contributed by atoms with Crippen LogP contribution in [0.1, 0.15) is 0 Å². The topological polar surface area (TPSA) is 111 Å². The minimum atomic E-state index is -0.627. The van der Waals surface area contributed by atoms with Crippen molar-refractivity contribution in [3.63, 3.8) is 0 Å². The molecular weight excluding hydrogens is 495 g/mol. The summed E-state index contributed by atoms with van der Waals surface area (Å²) in [7, 11) is 0. The first-order valence-electron chi connectivity index (χ1n) is 7.49. The second-order valence-corrected chi connectivity index (χ2v) is 7.92. The largest absolute Gasteiger partial charge is 0.411 e. The highest BCUT2D eigenvalue weighted by Crippen LogP contribution is 2.35. The average molecular weight is 504 g/mol. The molecule has 0 aliphatic heterocycles. The van der Waals surface area contributed by atoms with Crippen LogP contribution in [0.4, 0.5) is 11.4 Å². The summed E-state index contributed by atoms with van der Waals surface area (Å²) >= 11 is 16.3. The smallest absolute Gasteiger partial charge is 0.277 e. The van der Waals surface area contributed by atoms with Crippen LogP contribution in [0, 0.1) is 10.1 Å². The molecular formula is C16H9BrCl2N4O4S. The molecule has 0 aliphatic rings. The maximum absolute atomic E-state index is 12.1. The molecule has 8 nitrogen and oxygen atoms in total. The van der Waals surface area contributed by atoms with Crippen molar-refractivity contribution in [1.29, 1.82) is 0 Å². The number of benzene rings is 2. The number of hydrogen-bond donors (Lipinski definition) is 1. The molecule has 28 heavy (non-hydrogen) atoms. The lowest BCUT2D eigenvalue weighted by Gasteiger charge is -2.08. The highest BCUT2D eigenvalue weighted by Gasteiger charge is 2.17. The SMILES string of the molecule is O=C(CSc1nnc(-c2ccc(Br)cc2)o1)Nc1c(Cl)cc([N+](=O)[O-])cc1Cl. The van der Waals surface area contributed by atoms with Crippen LogP contribution in [-0.4, -0.2) is 26.8 Å². The van der Waals surface area contributed by atoms with Crippen molar-refractivity contribution in [3.8, 4) is 11.5 Å². The fourth-order valence-electron chi connectivity index (χ4n) is 2.06. The van der Waals surface area contributed by atoms with Gasteiger partial charge in [-0.05, 0) is 24.3 Å². The first kappa shape index (κ1) is 20.6. The predicted octanol–water partition coefficient (Wildman–Crippen LogP) is 5.44. The summed E-state index contributed by atoms with van der Waals surface area (Å²) in [6.07, 6.45) is 0. The van der Waals surface area contributed by atoms with E-state index < -0.39 is 10.8 Å². The van der Waals surface area contributed by atoms with Crippen LogP contribution in [0.25, 0.3) is 11.5 Å². The molecule has 0 bridgehead atoms. The van der Waals surface area contributed by atoms with E-state index >= 15 is 0 Å². The number of carbonyl (C=O) groups is 1. The number of nitro benzene ring substituents is 1. The summed E-state index contributed by atoms with van der Waals surface area (Å²) < 4.78 is 6.44. The van der Waals surface area contributed by atoms with E-state index in [2.05, 4.69) is 31.4 Å². The summed E-state index contributed by atoms with van der Waals surface area (Å²) in [6.45, 7) is 0. The van der Waals surface area contributed by atoms with Crippen LogP contribution in [-0.2, 0) is 4.79 Å². The quantitative estimate of drug-likeness (QED) is 0.270. The van der Waals surface area contributed by atoms with Crippen molar-refractivity contribution in [2.45, 2.75) is 5.22 Å². The molecule has 0 radical (unpaired) electrons. The van der Waals surface area contributed by atoms with Crippen LogP contribution < -0.4 is 5.32 Å². The van der Waals surface area contributed by atoms with Crippen LogP contribution in [0.3, 0.4) is 0 Å². The van der Waals surface area contributed by atoms with Gasteiger partial charge < -0.3 is 9.73 Å². The van der Waals surface area contributed by atoms with Crippen molar-refractivity contribution >= 4 is 68.2 Å².